The highest BCUT2D eigenvalue weighted by atomic mass is 19.4. The van der Waals surface area contributed by atoms with Crippen LogP contribution in [-0.2, 0) is 17.8 Å². The van der Waals surface area contributed by atoms with Crippen LogP contribution in [-0.4, -0.2) is 11.8 Å². The molecule has 0 spiro atoms. The Morgan fingerprint density at radius 1 is 0.737 bits per heavy atom. The minimum absolute atomic E-state index is 0.0393. The first-order chi connectivity index (χ1) is 17.6. The van der Waals surface area contributed by atoms with Crippen molar-refractivity contribution >= 4 is 17.5 Å². The number of hydrogen-bond acceptors (Lipinski definition) is 2. The maximum absolute atomic E-state index is 14.1. The van der Waals surface area contributed by atoms with Gasteiger partial charge < -0.3 is 11.1 Å². The lowest BCUT2D eigenvalue weighted by Crippen LogP contribution is -2.21. The first kappa shape index (κ1) is 28.7. The number of benzene rings is 3. The van der Waals surface area contributed by atoms with Crippen LogP contribution < -0.4 is 11.1 Å². The van der Waals surface area contributed by atoms with Crippen molar-refractivity contribution in [2.75, 3.05) is 5.32 Å². The molecular formula is C28H26F6N2O2. The van der Waals surface area contributed by atoms with Gasteiger partial charge in [0.15, 0.2) is 0 Å². The van der Waals surface area contributed by atoms with Crippen molar-refractivity contribution in [2.24, 2.45) is 5.73 Å². The average molecular weight is 537 g/mol. The summed E-state index contributed by atoms with van der Waals surface area (Å²) < 4.78 is 84.5. The molecule has 0 atom stereocenters. The standard InChI is InChI=1S/C28H26F6N2O2/c1-4-26(3,5-2)18-10-12-20(22(14-18)27(29,30)31)21-13-11-19(15-23(21)28(32,33)34)36-25(38)17-8-6-16(7-9-17)24(35)37/h6-15H,4-5H2,1-3H3,(H2,35,37)(H,36,38). The van der Waals surface area contributed by atoms with Gasteiger partial charge in [0.25, 0.3) is 5.91 Å². The van der Waals surface area contributed by atoms with Crippen LogP contribution in [0.4, 0.5) is 32.0 Å². The number of hydrogen-bond donors (Lipinski definition) is 2. The summed E-state index contributed by atoms with van der Waals surface area (Å²) in [5.74, 6) is -1.50. The molecule has 0 saturated heterocycles. The Morgan fingerprint density at radius 2 is 1.21 bits per heavy atom. The van der Waals surface area contributed by atoms with Crippen LogP contribution in [0, 0.1) is 0 Å². The Balaban J connectivity index is 2.08. The third kappa shape index (κ3) is 6.00. The summed E-state index contributed by atoms with van der Waals surface area (Å²) in [6, 6.07) is 11.2. The van der Waals surface area contributed by atoms with Crippen LogP contribution in [0.2, 0.25) is 0 Å². The molecule has 0 heterocycles. The van der Waals surface area contributed by atoms with E-state index < -0.39 is 51.8 Å². The Hall–Kier alpha value is -3.82. The topological polar surface area (TPSA) is 72.2 Å². The number of anilines is 1. The third-order valence-electron chi connectivity index (χ3n) is 6.89. The number of carbonyl (C=O) groups excluding carboxylic acids is 2. The van der Waals surface area contributed by atoms with Gasteiger partial charge in [0.2, 0.25) is 5.91 Å². The molecule has 3 rings (SSSR count). The second-order valence-electron chi connectivity index (χ2n) is 9.18. The number of alkyl halides is 6. The minimum Gasteiger partial charge on any atom is -0.366 e. The van der Waals surface area contributed by atoms with Crippen LogP contribution in [0.15, 0.2) is 60.7 Å². The molecule has 3 aromatic carbocycles. The predicted molar refractivity (Wildman–Crippen MR) is 133 cm³/mol. The number of amides is 2. The van der Waals surface area contributed by atoms with E-state index in [0.717, 1.165) is 24.3 Å². The molecule has 0 aromatic heterocycles. The van der Waals surface area contributed by atoms with Crippen LogP contribution in [0.3, 0.4) is 0 Å². The lowest BCUT2D eigenvalue weighted by Gasteiger charge is -2.29. The highest BCUT2D eigenvalue weighted by molar-refractivity contribution is 6.05. The van der Waals surface area contributed by atoms with Gasteiger partial charge in [0.05, 0.1) is 11.1 Å². The zero-order valence-corrected chi connectivity index (χ0v) is 20.8. The number of halogens is 6. The largest absolute Gasteiger partial charge is 0.417 e. The molecule has 0 unspecified atom stereocenters. The summed E-state index contributed by atoms with van der Waals surface area (Å²) in [5.41, 5.74) is 1.11. The monoisotopic (exact) mass is 536 g/mol. The highest BCUT2D eigenvalue weighted by Gasteiger charge is 2.39. The molecule has 0 aliphatic heterocycles. The van der Waals surface area contributed by atoms with Gasteiger partial charge in [-0.3, -0.25) is 9.59 Å². The summed E-state index contributed by atoms with van der Waals surface area (Å²) in [4.78, 5) is 23.7. The summed E-state index contributed by atoms with van der Waals surface area (Å²) in [5, 5.41) is 2.31. The van der Waals surface area contributed by atoms with Crippen LogP contribution >= 0.6 is 0 Å². The maximum atomic E-state index is 14.1. The normalized spacial score (nSPS) is 12.3. The molecule has 202 valence electrons. The fourth-order valence-corrected chi connectivity index (χ4v) is 4.13. The molecule has 3 N–H and O–H groups in total. The van der Waals surface area contributed by atoms with Crippen molar-refractivity contribution in [1.82, 2.24) is 0 Å². The smallest absolute Gasteiger partial charge is 0.366 e. The molecule has 0 saturated carbocycles. The summed E-state index contributed by atoms with van der Waals surface area (Å²) in [7, 11) is 0. The Bertz CT molecular complexity index is 1340. The van der Waals surface area contributed by atoms with Gasteiger partial charge in [-0.1, -0.05) is 39.0 Å². The minimum atomic E-state index is -5.01. The molecule has 0 bridgehead atoms. The van der Waals surface area contributed by atoms with E-state index in [9.17, 15) is 35.9 Å². The quantitative estimate of drug-likeness (QED) is 0.302. The summed E-state index contributed by atoms with van der Waals surface area (Å²) in [6.07, 6.45) is -8.82. The molecule has 0 aliphatic carbocycles. The van der Waals surface area contributed by atoms with E-state index >= 15 is 0 Å². The van der Waals surface area contributed by atoms with E-state index in [1.807, 2.05) is 20.8 Å². The van der Waals surface area contributed by atoms with Gasteiger partial charge in [-0.2, -0.15) is 26.3 Å². The zero-order valence-electron chi connectivity index (χ0n) is 20.8. The van der Waals surface area contributed by atoms with Crippen LogP contribution in [0.5, 0.6) is 0 Å². The lowest BCUT2D eigenvalue weighted by molar-refractivity contribution is -0.139. The van der Waals surface area contributed by atoms with E-state index in [2.05, 4.69) is 5.32 Å². The van der Waals surface area contributed by atoms with Crippen molar-refractivity contribution in [3.8, 4) is 11.1 Å². The highest BCUT2D eigenvalue weighted by Crippen LogP contribution is 2.45. The molecule has 4 nitrogen and oxygen atoms in total. The second kappa shape index (κ2) is 10.5. The molecule has 10 heteroatoms. The maximum Gasteiger partial charge on any atom is 0.417 e. The van der Waals surface area contributed by atoms with Gasteiger partial charge >= 0.3 is 12.4 Å². The SMILES string of the molecule is CCC(C)(CC)c1ccc(-c2ccc(NC(=O)c3ccc(C(N)=O)cc3)cc2C(F)(F)F)c(C(F)(F)F)c1. The van der Waals surface area contributed by atoms with E-state index in [-0.39, 0.29) is 16.8 Å². The van der Waals surface area contributed by atoms with Gasteiger partial charge in [-0.05, 0) is 77.4 Å². The molecule has 0 aliphatic rings. The van der Waals surface area contributed by atoms with Crippen molar-refractivity contribution in [2.45, 2.75) is 51.4 Å². The third-order valence-corrected chi connectivity index (χ3v) is 6.89. The Morgan fingerprint density at radius 3 is 1.68 bits per heavy atom. The summed E-state index contributed by atoms with van der Waals surface area (Å²) >= 11 is 0. The van der Waals surface area contributed by atoms with E-state index in [1.54, 1.807) is 0 Å². The Labute approximate surface area is 215 Å². The number of nitrogens with two attached hydrogens (primary N) is 1. The fourth-order valence-electron chi connectivity index (χ4n) is 4.13. The van der Waals surface area contributed by atoms with Gasteiger partial charge in [0.1, 0.15) is 0 Å². The first-order valence-electron chi connectivity index (χ1n) is 11.7. The van der Waals surface area contributed by atoms with E-state index in [4.69, 9.17) is 5.73 Å². The van der Waals surface area contributed by atoms with Gasteiger partial charge in [-0.15, -0.1) is 0 Å². The van der Waals surface area contributed by atoms with Crippen molar-refractivity contribution in [3.63, 3.8) is 0 Å². The fraction of sp³-hybridized carbons (Fsp3) is 0.286. The molecule has 38 heavy (non-hydrogen) atoms. The molecule has 2 amide bonds. The van der Waals surface area contributed by atoms with Crippen molar-refractivity contribution in [1.29, 1.82) is 0 Å². The predicted octanol–water partition coefficient (Wildman–Crippen LogP) is 7.82. The number of carbonyl (C=O) groups is 2. The lowest BCUT2D eigenvalue weighted by atomic mass is 9.76. The van der Waals surface area contributed by atoms with Gasteiger partial charge in [-0.25, -0.2) is 0 Å². The average Bonchev–Trinajstić information content (AvgIpc) is 2.86. The van der Waals surface area contributed by atoms with Crippen molar-refractivity contribution in [3.05, 3.63) is 88.5 Å². The molecule has 3 aromatic rings. The van der Waals surface area contributed by atoms with E-state index in [1.165, 1.54) is 30.3 Å². The number of nitrogens with one attached hydrogen (secondary N) is 1. The second-order valence-corrected chi connectivity index (χ2v) is 9.18. The molecule has 0 radical (unpaired) electrons. The summed E-state index contributed by atoms with van der Waals surface area (Å²) in [6.45, 7) is 5.49. The van der Waals surface area contributed by atoms with Crippen LogP contribution in [0.1, 0.15) is 71.0 Å². The van der Waals surface area contributed by atoms with Gasteiger partial charge in [0, 0.05) is 16.8 Å². The molecule has 0 fully saturated rings. The number of rotatable bonds is 7. The zero-order chi connectivity index (χ0) is 28.5. The van der Waals surface area contributed by atoms with Crippen molar-refractivity contribution < 1.29 is 35.9 Å². The van der Waals surface area contributed by atoms with E-state index in [0.29, 0.717) is 24.5 Å². The Kier molecular flexibility index (Phi) is 7.95. The first-order valence-corrected chi connectivity index (χ1v) is 11.7. The van der Waals surface area contributed by atoms with Crippen LogP contribution in [0.25, 0.3) is 11.1 Å². The molecular weight excluding hydrogens is 510 g/mol. The number of primary amides is 1.